The van der Waals surface area contributed by atoms with Crippen molar-refractivity contribution in [2.75, 3.05) is 7.05 Å². The van der Waals surface area contributed by atoms with Crippen LogP contribution in [0.4, 0.5) is 0 Å². The predicted molar refractivity (Wildman–Crippen MR) is 72.0 cm³/mol. The normalized spacial score (nSPS) is 13.7. The van der Waals surface area contributed by atoms with E-state index in [1.54, 1.807) is 27.8 Å². The Bertz CT molecular complexity index is 616. The highest BCUT2D eigenvalue weighted by Crippen LogP contribution is 2.34. The van der Waals surface area contributed by atoms with Crippen LogP contribution in [-0.4, -0.2) is 23.1 Å². The van der Waals surface area contributed by atoms with Crippen molar-refractivity contribution in [2.24, 2.45) is 5.41 Å². The number of rotatable bonds is 4. The molecule has 2 N–H and O–H groups in total. The third kappa shape index (κ3) is 2.33. The van der Waals surface area contributed by atoms with E-state index < -0.39 is 11.4 Å². The van der Waals surface area contributed by atoms with Crippen LogP contribution in [0, 0.1) is 12.3 Å². The van der Waals surface area contributed by atoms with Gasteiger partial charge in [0.15, 0.2) is 11.5 Å². The SMILES string of the molecule is CNC(c1ccc2oc(C)nc2c1)C(C)(C)C(=O)O. The fraction of sp³-hybridized carbons (Fsp3) is 0.429. The highest BCUT2D eigenvalue weighted by molar-refractivity contribution is 5.77. The minimum atomic E-state index is -0.915. The number of aliphatic carboxylic acids is 1. The Labute approximate surface area is 111 Å². The van der Waals surface area contributed by atoms with Gasteiger partial charge < -0.3 is 14.8 Å². The molecule has 5 nitrogen and oxygen atoms in total. The van der Waals surface area contributed by atoms with Gasteiger partial charge in [0.2, 0.25) is 0 Å². The van der Waals surface area contributed by atoms with Crippen molar-refractivity contribution >= 4 is 17.1 Å². The summed E-state index contributed by atoms with van der Waals surface area (Å²) in [5.41, 5.74) is 1.43. The molecule has 0 spiro atoms. The van der Waals surface area contributed by atoms with Crippen molar-refractivity contribution in [3.05, 3.63) is 29.7 Å². The minimum Gasteiger partial charge on any atom is -0.481 e. The molecule has 102 valence electrons. The molecule has 0 saturated heterocycles. The van der Waals surface area contributed by atoms with Gasteiger partial charge in [0, 0.05) is 13.0 Å². The highest BCUT2D eigenvalue weighted by atomic mass is 16.4. The van der Waals surface area contributed by atoms with E-state index >= 15 is 0 Å². The minimum absolute atomic E-state index is 0.300. The third-order valence-electron chi connectivity index (χ3n) is 3.41. The number of nitrogens with one attached hydrogen (secondary N) is 1. The first kappa shape index (κ1) is 13.5. The second kappa shape index (κ2) is 4.66. The molecule has 0 fully saturated rings. The second-order valence-electron chi connectivity index (χ2n) is 5.21. The van der Waals surface area contributed by atoms with Crippen molar-refractivity contribution in [2.45, 2.75) is 26.8 Å². The van der Waals surface area contributed by atoms with Crippen LogP contribution in [0.2, 0.25) is 0 Å². The Morgan fingerprint density at radius 3 is 2.74 bits per heavy atom. The van der Waals surface area contributed by atoms with E-state index in [0.29, 0.717) is 11.5 Å². The fourth-order valence-corrected chi connectivity index (χ4v) is 2.31. The molecule has 2 rings (SSSR count). The van der Waals surface area contributed by atoms with Crippen LogP contribution >= 0.6 is 0 Å². The van der Waals surface area contributed by atoms with Gasteiger partial charge >= 0.3 is 5.97 Å². The predicted octanol–water partition coefficient (Wildman–Crippen LogP) is 2.51. The van der Waals surface area contributed by atoms with Crippen LogP contribution in [0.5, 0.6) is 0 Å². The number of benzene rings is 1. The van der Waals surface area contributed by atoms with Gasteiger partial charge in [0.25, 0.3) is 0 Å². The molecule has 1 aromatic carbocycles. The van der Waals surface area contributed by atoms with Crippen LogP contribution in [0.3, 0.4) is 0 Å². The molecule has 5 heteroatoms. The number of fused-ring (bicyclic) bond motifs is 1. The van der Waals surface area contributed by atoms with Gasteiger partial charge in [-0.05, 0) is 38.6 Å². The van der Waals surface area contributed by atoms with E-state index in [1.807, 2.05) is 18.2 Å². The number of aromatic nitrogens is 1. The Hall–Kier alpha value is -1.88. The standard InChI is InChI=1S/C14H18N2O3/c1-8-16-10-7-9(5-6-11(10)19-8)12(15-4)14(2,3)13(17)18/h5-7,12,15H,1-4H3,(H,17,18). The maximum absolute atomic E-state index is 11.4. The van der Waals surface area contributed by atoms with E-state index in [4.69, 9.17) is 4.42 Å². The largest absolute Gasteiger partial charge is 0.481 e. The lowest BCUT2D eigenvalue weighted by atomic mass is 9.80. The summed E-state index contributed by atoms with van der Waals surface area (Å²) in [6, 6.07) is 5.27. The quantitative estimate of drug-likeness (QED) is 0.885. The molecule has 0 saturated carbocycles. The average molecular weight is 262 g/mol. The molecule has 19 heavy (non-hydrogen) atoms. The molecule has 0 aliphatic carbocycles. The van der Waals surface area contributed by atoms with Gasteiger partial charge in [-0.15, -0.1) is 0 Å². The molecule has 0 radical (unpaired) electrons. The fourth-order valence-electron chi connectivity index (χ4n) is 2.31. The number of hydrogen-bond donors (Lipinski definition) is 2. The molecule has 0 aliphatic heterocycles. The molecule has 1 aromatic heterocycles. The van der Waals surface area contributed by atoms with Crippen molar-refractivity contribution < 1.29 is 14.3 Å². The Balaban J connectivity index is 2.49. The van der Waals surface area contributed by atoms with E-state index in [9.17, 15) is 9.90 Å². The molecule has 0 bridgehead atoms. The van der Waals surface area contributed by atoms with E-state index in [1.165, 1.54) is 0 Å². The van der Waals surface area contributed by atoms with E-state index in [0.717, 1.165) is 11.1 Å². The number of aryl methyl sites for hydroxylation is 1. The molecule has 0 aliphatic rings. The number of carboxylic acids is 1. The van der Waals surface area contributed by atoms with Crippen LogP contribution in [0.15, 0.2) is 22.6 Å². The van der Waals surface area contributed by atoms with Gasteiger partial charge in [-0.25, -0.2) is 4.98 Å². The maximum atomic E-state index is 11.4. The summed E-state index contributed by atoms with van der Waals surface area (Å²) < 4.78 is 5.42. The molecule has 2 aromatic rings. The Morgan fingerprint density at radius 2 is 2.16 bits per heavy atom. The van der Waals surface area contributed by atoms with Gasteiger partial charge in [-0.3, -0.25) is 4.79 Å². The molecular weight excluding hydrogens is 244 g/mol. The summed E-state index contributed by atoms with van der Waals surface area (Å²) in [6.07, 6.45) is 0. The van der Waals surface area contributed by atoms with Gasteiger partial charge in [-0.1, -0.05) is 6.07 Å². The maximum Gasteiger partial charge on any atom is 0.311 e. The van der Waals surface area contributed by atoms with Crippen LogP contribution < -0.4 is 5.32 Å². The van der Waals surface area contributed by atoms with Crippen LogP contribution in [0.25, 0.3) is 11.1 Å². The molecule has 1 heterocycles. The molecule has 0 amide bonds. The van der Waals surface area contributed by atoms with Gasteiger partial charge in [-0.2, -0.15) is 0 Å². The second-order valence-corrected chi connectivity index (χ2v) is 5.21. The van der Waals surface area contributed by atoms with Gasteiger partial charge in [0.05, 0.1) is 5.41 Å². The lowest BCUT2D eigenvalue weighted by Gasteiger charge is -2.30. The number of carboxylic acid groups (broad SMARTS) is 1. The van der Waals surface area contributed by atoms with E-state index in [2.05, 4.69) is 10.3 Å². The smallest absolute Gasteiger partial charge is 0.311 e. The van der Waals surface area contributed by atoms with Crippen LogP contribution in [-0.2, 0) is 4.79 Å². The third-order valence-corrected chi connectivity index (χ3v) is 3.41. The first-order chi connectivity index (χ1) is 8.86. The first-order valence-electron chi connectivity index (χ1n) is 6.14. The highest BCUT2D eigenvalue weighted by Gasteiger charge is 2.37. The number of hydrogen-bond acceptors (Lipinski definition) is 4. The zero-order chi connectivity index (χ0) is 14.2. The number of oxazole rings is 1. The van der Waals surface area contributed by atoms with Crippen molar-refractivity contribution in [1.29, 1.82) is 0 Å². The molecule has 1 atom stereocenters. The first-order valence-corrected chi connectivity index (χ1v) is 6.14. The summed E-state index contributed by atoms with van der Waals surface area (Å²) in [5, 5.41) is 12.4. The van der Waals surface area contributed by atoms with Crippen molar-refractivity contribution in [1.82, 2.24) is 10.3 Å². The van der Waals surface area contributed by atoms with E-state index in [-0.39, 0.29) is 6.04 Å². The van der Waals surface area contributed by atoms with Crippen LogP contribution in [0.1, 0.15) is 31.3 Å². The number of carbonyl (C=O) groups is 1. The number of nitrogens with zero attached hydrogens (tertiary/aromatic N) is 1. The zero-order valence-electron chi connectivity index (χ0n) is 11.5. The summed E-state index contributed by atoms with van der Waals surface area (Å²) in [5.74, 6) is -0.242. The Morgan fingerprint density at radius 1 is 1.47 bits per heavy atom. The summed E-state index contributed by atoms with van der Waals surface area (Å²) in [4.78, 5) is 15.7. The van der Waals surface area contributed by atoms with Crippen molar-refractivity contribution in [3.8, 4) is 0 Å². The summed E-state index contributed by atoms with van der Waals surface area (Å²) in [7, 11) is 1.76. The van der Waals surface area contributed by atoms with Gasteiger partial charge in [0.1, 0.15) is 5.52 Å². The summed E-state index contributed by atoms with van der Waals surface area (Å²) >= 11 is 0. The molecule has 1 unspecified atom stereocenters. The summed E-state index contributed by atoms with van der Waals surface area (Å²) in [6.45, 7) is 5.19. The van der Waals surface area contributed by atoms with Crippen molar-refractivity contribution in [3.63, 3.8) is 0 Å². The molecular formula is C14H18N2O3. The zero-order valence-corrected chi connectivity index (χ0v) is 11.5. The Kier molecular flexibility index (Phi) is 3.32. The lowest BCUT2D eigenvalue weighted by molar-refractivity contribution is -0.148. The topological polar surface area (TPSA) is 75.4 Å². The monoisotopic (exact) mass is 262 g/mol. The lowest BCUT2D eigenvalue weighted by Crippen LogP contribution is -2.38. The average Bonchev–Trinajstić information content (AvgIpc) is 2.68.